The van der Waals surface area contributed by atoms with Gasteiger partial charge in [-0.25, -0.2) is 0 Å². The molecule has 0 radical (unpaired) electrons. The van der Waals surface area contributed by atoms with Crippen molar-refractivity contribution in [2.75, 3.05) is 6.61 Å². The van der Waals surface area contributed by atoms with Gasteiger partial charge in [0.05, 0.1) is 0 Å². The average molecular weight is 726 g/mol. The fourth-order valence-corrected chi connectivity index (χ4v) is 2.63. The molecule has 1 unspecified atom stereocenters. The molecule has 43 heavy (non-hydrogen) atoms. The van der Waals surface area contributed by atoms with E-state index < -0.39 is 92.6 Å². The molecule has 0 saturated heterocycles. The van der Waals surface area contributed by atoms with Gasteiger partial charge in [-0.1, -0.05) is 0 Å². The molecule has 0 bridgehead atoms. The summed E-state index contributed by atoms with van der Waals surface area (Å²) in [6, 6.07) is 0. The number of rotatable bonds is 14. The first-order chi connectivity index (χ1) is 18.2. The van der Waals surface area contributed by atoms with Crippen molar-refractivity contribution in [3.8, 4) is 0 Å². The molecule has 0 N–H and O–H groups in total. The number of hydrogen-bond acceptors (Lipinski definition) is 3. The summed E-state index contributed by atoms with van der Waals surface area (Å²) in [5.41, 5.74) is 0. The van der Waals surface area contributed by atoms with Crippen molar-refractivity contribution in [1.29, 1.82) is 0 Å². The van der Waals surface area contributed by atoms with Gasteiger partial charge in [0.1, 0.15) is 6.61 Å². The highest BCUT2D eigenvalue weighted by molar-refractivity contribution is 7.30. The SMILES string of the molecule is O=[P+]([O-])OCCC(F)(F)C(F)(F)C(F)(F)C(F)(F)C(F)(F)C(F)(F)C(F)(F)C(F)(F)C(F)(F)C(F)(F)C(F)(F)C(F)(F)F. The zero-order chi connectivity index (χ0) is 35.7. The van der Waals surface area contributed by atoms with Crippen molar-refractivity contribution in [2.24, 2.45) is 0 Å². The molecule has 0 aliphatic carbocycles. The molecule has 0 aliphatic heterocycles. The van der Waals surface area contributed by atoms with E-state index in [1.807, 2.05) is 0 Å². The van der Waals surface area contributed by atoms with Gasteiger partial charge in [-0.15, -0.1) is 4.52 Å². The molecule has 0 saturated carbocycles. The third-order valence-corrected chi connectivity index (χ3v) is 5.37. The Hall–Kier alpha value is -1.73. The number of alkyl halides is 25. The highest BCUT2D eigenvalue weighted by Gasteiger charge is 2.99. The quantitative estimate of drug-likeness (QED) is 0.135. The van der Waals surface area contributed by atoms with E-state index in [4.69, 9.17) is 0 Å². The minimum absolute atomic E-state index is 2.44. The lowest BCUT2D eigenvalue weighted by molar-refractivity contribution is -0.482. The Labute approximate surface area is 217 Å². The third-order valence-electron chi connectivity index (χ3n) is 4.98. The molecule has 0 aromatic carbocycles. The fraction of sp³-hybridized carbons (Fsp3) is 1.00. The fourth-order valence-electron chi connectivity index (χ4n) is 2.39. The smallest absolute Gasteiger partial charge is 0.488 e. The molecule has 1 atom stereocenters. The molecule has 258 valence electrons. The summed E-state index contributed by atoms with van der Waals surface area (Å²) >= 11 is 0. The predicted octanol–water partition coefficient (Wildman–Crippen LogP) is 7.96. The second kappa shape index (κ2) is 10.7. The van der Waals surface area contributed by atoms with E-state index in [1.54, 1.807) is 0 Å². The lowest BCUT2D eigenvalue weighted by Gasteiger charge is -2.45. The molecule has 0 amide bonds. The van der Waals surface area contributed by atoms with Crippen LogP contribution in [0.2, 0.25) is 0 Å². The van der Waals surface area contributed by atoms with Gasteiger partial charge in [0, 0.05) is 6.42 Å². The van der Waals surface area contributed by atoms with Crippen LogP contribution in [0.5, 0.6) is 0 Å². The summed E-state index contributed by atoms with van der Waals surface area (Å²) in [4.78, 5) is 9.95. The molecular formula is C14H4F25O3P. The van der Waals surface area contributed by atoms with E-state index in [9.17, 15) is 119 Å². The second-order valence-corrected chi connectivity index (χ2v) is 8.46. The standard InChI is InChI=1S/C14H4F25O3P/c15-3(16,1-2-42-43(40)41)4(17,18)5(19,20)6(21,22)7(23,24)8(25,26)9(27,28)10(29,30)11(31,32)12(33,34)13(35,36)14(37,38)39/h1-2H2. The molecule has 0 rings (SSSR count). The molecular weight excluding hydrogens is 722 g/mol. The largest absolute Gasteiger partial charge is 0.566 e. The Kier molecular flexibility index (Phi) is 10.2. The maximum atomic E-state index is 13.6. The van der Waals surface area contributed by atoms with Crippen LogP contribution in [0.15, 0.2) is 0 Å². The maximum Gasteiger partial charge on any atom is 0.488 e. The van der Waals surface area contributed by atoms with Crippen molar-refractivity contribution in [3.63, 3.8) is 0 Å². The Morgan fingerprint density at radius 1 is 0.395 bits per heavy atom. The van der Waals surface area contributed by atoms with Crippen LogP contribution in [0, 0.1) is 0 Å². The normalized spacial score (nSPS) is 16.9. The third kappa shape index (κ3) is 5.42. The summed E-state index contributed by atoms with van der Waals surface area (Å²) in [5.74, 6) is -99.2. The molecule has 0 heterocycles. The van der Waals surface area contributed by atoms with E-state index in [-0.39, 0.29) is 0 Å². The summed E-state index contributed by atoms with van der Waals surface area (Å²) < 4.78 is 344. The highest BCUT2D eigenvalue weighted by atomic mass is 31.1. The lowest BCUT2D eigenvalue weighted by Crippen LogP contribution is -2.78. The summed E-state index contributed by atoms with van der Waals surface area (Å²) in [6.07, 6.45) is -11.5. The molecule has 29 heteroatoms. The lowest BCUT2D eigenvalue weighted by atomic mass is 9.84. The van der Waals surface area contributed by atoms with E-state index in [2.05, 4.69) is 4.52 Å². The maximum absolute atomic E-state index is 13.6. The Balaban J connectivity index is 7.18. The van der Waals surface area contributed by atoms with Crippen molar-refractivity contribution in [2.45, 2.75) is 77.7 Å². The van der Waals surface area contributed by atoms with Crippen LogP contribution in [0.3, 0.4) is 0 Å². The highest BCUT2D eigenvalue weighted by Crippen LogP contribution is 2.67. The summed E-state index contributed by atoms with van der Waals surface area (Å²) in [5, 5.41) is 0. The van der Waals surface area contributed by atoms with Gasteiger partial charge in [-0.05, 0) is 4.57 Å². The van der Waals surface area contributed by atoms with Gasteiger partial charge in [0.2, 0.25) is 0 Å². The first kappa shape index (κ1) is 41.3. The van der Waals surface area contributed by atoms with Crippen LogP contribution in [0.1, 0.15) is 6.42 Å². The van der Waals surface area contributed by atoms with Gasteiger partial charge in [0.25, 0.3) is 0 Å². The van der Waals surface area contributed by atoms with E-state index in [0.29, 0.717) is 0 Å². The molecule has 0 spiro atoms. The van der Waals surface area contributed by atoms with Crippen LogP contribution in [0.4, 0.5) is 110 Å². The van der Waals surface area contributed by atoms with Crippen LogP contribution in [-0.4, -0.2) is 77.9 Å². The van der Waals surface area contributed by atoms with E-state index >= 15 is 0 Å². The van der Waals surface area contributed by atoms with Crippen molar-refractivity contribution in [3.05, 3.63) is 0 Å². The van der Waals surface area contributed by atoms with Crippen molar-refractivity contribution in [1.82, 2.24) is 0 Å². The summed E-state index contributed by atoms with van der Waals surface area (Å²) in [6.45, 7) is -2.44. The summed E-state index contributed by atoms with van der Waals surface area (Å²) in [7, 11) is -4.34. The Bertz CT molecular complexity index is 1030. The first-order valence-corrected chi connectivity index (χ1v) is 10.3. The molecule has 0 fully saturated rings. The number of halogens is 25. The van der Waals surface area contributed by atoms with Crippen molar-refractivity contribution < 1.29 is 124 Å². The van der Waals surface area contributed by atoms with Crippen LogP contribution in [0.25, 0.3) is 0 Å². The van der Waals surface area contributed by atoms with Gasteiger partial charge < -0.3 is 4.89 Å². The van der Waals surface area contributed by atoms with E-state index in [0.717, 1.165) is 0 Å². The molecule has 3 nitrogen and oxygen atoms in total. The Morgan fingerprint density at radius 3 is 0.814 bits per heavy atom. The number of hydrogen-bond donors (Lipinski definition) is 0. The van der Waals surface area contributed by atoms with Crippen LogP contribution in [-0.2, 0) is 9.09 Å². The van der Waals surface area contributed by atoms with Gasteiger partial charge in [-0.3, -0.25) is 0 Å². The minimum atomic E-state index is -9.65. The second-order valence-electron chi connectivity index (χ2n) is 7.75. The predicted molar refractivity (Wildman–Crippen MR) is 78.6 cm³/mol. The van der Waals surface area contributed by atoms with Gasteiger partial charge in [-0.2, -0.15) is 110 Å². The van der Waals surface area contributed by atoms with Crippen LogP contribution >= 0.6 is 8.25 Å². The molecule has 0 aromatic rings. The zero-order valence-corrected chi connectivity index (χ0v) is 19.4. The zero-order valence-electron chi connectivity index (χ0n) is 18.5. The monoisotopic (exact) mass is 726 g/mol. The minimum Gasteiger partial charge on any atom is -0.566 e. The topological polar surface area (TPSA) is 49.4 Å². The van der Waals surface area contributed by atoms with E-state index in [1.165, 1.54) is 0 Å². The average Bonchev–Trinajstić information content (AvgIpc) is 2.76. The van der Waals surface area contributed by atoms with Crippen molar-refractivity contribution >= 4 is 8.25 Å². The molecule has 0 aliphatic rings. The van der Waals surface area contributed by atoms with Crippen LogP contribution < -0.4 is 4.89 Å². The molecule has 0 aromatic heterocycles. The van der Waals surface area contributed by atoms with Gasteiger partial charge in [0.15, 0.2) is 0 Å². The van der Waals surface area contributed by atoms with Gasteiger partial charge >= 0.3 is 79.6 Å². The first-order valence-electron chi connectivity index (χ1n) is 9.16. The Morgan fingerprint density at radius 2 is 0.605 bits per heavy atom.